The van der Waals surface area contributed by atoms with E-state index < -0.39 is 6.10 Å². The lowest BCUT2D eigenvalue weighted by molar-refractivity contribution is 0.188. The molecule has 2 heterocycles. The van der Waals surface area contributed by atoms with Crippen LogP contribution in [0.4, 0.5) is 0 Å². The third-order valence-electron chi connectivity index (χ3n) is 2.81. The van der Waals surface area contributed by atoms with Crippen molar-refractivity contribution in [2.75, 3.05) is 0 Å². The van der Waals surface area contributed by atoms with Crippen molar-refractivity contribution in [3.63, 3.8) is 0 Å². The highest BCUT2D eigenvalue weighted by molar-refractivity contribution is 6.31. The van der Waals surface area contributed by atoms with Gasteiger partial charge in [0.15, 0.2) is 6.10 Å². The number of benzene rings is 1. The van der Waals surface area contributed by atoms with Crippen LogP contribution in [-0.4, -0.2) is 10.1 Å². The number of furan rings is 1. The number of aliphatic hydroxyl groups excluding tert-OH is 1. The molecule has 0 aliphatic carbocycles. The highest BCUT2D eigenvalue weighted by atomic mass is 35.5. The second-order valence-electron chi connectivity index (χ2n) is 4.10. The normalized spacial score (nSPS) is 12.8. The Morgan fingerprint density at radius 1 is 1.16 bits per heavy atom. The number of hydrogen-bond acceptors (Lipinski definition) is 3. The van der Waals surface area contributed by atoms with Crippen molar-refractivity contribution in [1.82, 2.24) is 4.98 Å². The Balaban J connectivity index is 2.07. The van der Waals surface area contributed by atoms with Gasteiger partial charge in [-0.2, -0.15) is 0 Å². The van der Waals surface area contributed by atoms with Crippen molar-refractivity contribution in [3.8, 4) is 0 Å². The molecule has 0 amide bonds. The van der Waals surface area contributed by atoms with Crippen LogP contribution < -0.4 is 0 Å². The van der Waals surface area contributed by atoms with Gasteiger partial charge in [-0.05, 0) is 36.4 Å². The zero-order chi connectivity index (χ0) is 13.4. The van der Waals surface area contributed by atoms with Gasteiger partial charge in [-0.1, -0.05) is 23.2 Å². The Hall–Kier alpha value is -1.55. The quantitative estimate of drug-likeness (QED) is 0.770. The van der Waals surface area contributed by atoms with E-state index in [-0.39, 0.29) is 0 Å². The molecule has 1 aromatic carbocycles. The predicted molar refractivity (Wildman–Crippen MR) is 74.5 cm³/mol. The third kappa shape index (κ3) is 2.32. The molecule has 1 unspecified atom stereocenters. The first kappa shape index (κ1) is 12.5. The number of rotatable bonds is 2. The van der Waals surface area contributed by atoms with Crippen LogP contribution in [0.25, 0.3) is 11.0 Å². The lowest BCUT2D eigenvalue weighted by Gasteiger charge is -2.08. The summed E-state index contributed by atoms with van der Waals surface area (Å²) in [6.07, 6.45) is 0.573. The molecule has 0 bridgehead atoms. The average molecular weight is 294 g/mol. The van der Waals surface area contributed by atoms with E-state index in [1.807, 2.05) is 0 Å². The molecule has 2 aromatic heterocycles. The van der Waals surface area contributed by atoms with Crippen molar-refractivity contribution < 1.29 is 9.52 Å². The Kier molecular flexibility index (Phi) is 3.19. The summed E-state index contributed by atoms with van der Waals surface area (Å²) in [5.41, 5.74) is 1.03. The molecular formula is C14H9Cl2NO2. The van der Waals surface area contributed by atoms with Crippen LogP contribution in [-0.2, 0) is 0 Å². The monoisotopic (exact) mass is 293 g/mol. The zero-order valence-corrected chi connectivity index (χ0v) is 11.2. The van der Waals surface area contributed by atoms with E-state index in [1.54, 1.807) is 42.6 Å². The van der Waals surface area contributed by atoms with Gasteiger partial charge in [0.05, 0.1) is 10.7 Å². The largest absolute Gasteiger partial charge is 0.458 e. The molecule has 0 aliphatic heterocycles. The van der Waals surface area contributed by atoms with Crippen LogP contribution in [0, 0.1) is 0 Å². The summed E-state index contributed by atoms with van der Waals surface area (Å²) in [7, 11) is 0. The summed E-state index contributed by atoms with van der Waals surface area (Å²) in [6, 6.07) is 10.4. The fraction of sp³-hybridized carbons (Fsp3) is 0.0714. The first-order chi connectivity index (χ1) is 9.15. The topological polar surface area (TPSA) is 46.3 Å². The molecule has 5 heteroatoms. The van der Waals surface area contributed by atoms with Crippen LogP contribution in [0.3, 0.4) is 0 Å². The first-order valence-corrected chi connectivity index (χ1v) is 6.38. The number of halogens is 2. The molecule has 3 aromatic rings. The number of fused-ring (bicyclic) bond motifs is 1. The Morgan fingerprint density at radius 2 is 2.00 bits per heavy atom. The van der Waals surface area contributed by atoms with Crippen LogP contribution in [0.15, 0.2) is 47.0 Å². The fourth-order valence-electron chi connectivity index (χ4n) is 1.90. The summed E-state index contributed by atoms with van der Waals surface area (Å²) in [4.78, 5) is 4.07. The molecule has 0 radical (unpaired) electrons. The van der Waals surface area contributed by atoms with Crippen molar-refractivity contribution in [2.24, 2.45) is 0 Å². The van der Waals surface area contributed by atoms with E-state index in [0.717, 1.165) is 5.39 Å². The first-order valence-electron chi connectivity index (χ1n) is 5.62. The number of aliphatic hydroxyl groups is 1. The number of nitrogens with zero attached hydrogens (tertiary/aromatic N) is 1. The molecule has 0 fully saturated rings. The lowest BCUT2D eigenvalue weighted by atomic mass is 10.1. The summed E-state index contributed by atoms with van der Waals surface area (Å²) >= 11 is 11.9. The smallest absolute Gasteiger partial charge is 0.155 e. The SMILES string of the molecule is OC(c1cc2cc(Cl)ccc2o1)c1ncccc1Cl. The van der Waals surface area contributed by atoms with Gasteiger partial charge in [0.1, 0.15) is 11.3 Å². The molecule has 1 atom stereocenters. The van der Waals surface area contributed by atoms with Gasteiger partial charge in [-0.25, -0.2) is 0 Å². The molecule has 3 rings (SSSR count). The van der Waals surface area contributed by atoms with Gasteiger partial charge in [-0.15, -0.1) is 0 Å². The van der Waals surface area contributed by atoms with Crippen LogP contribution in [0.5, 0.6) is 0 Å². The molecule has 1 N–H and O–H groups in total. The van der Waals surface area contributed by atoms with Gasteiger partial charge >= 0.3 is 0 Å². The zero-order valence-electron chi connectivity index (χ0n) is 9.68. The Morgan fingerprint density at radius 3 is 2.79 bits per heavy atom. The van der Waals surface area contributed by atoms with Crippen molar-refractivity contribution in [2.45, 2.75) is 6.10 Å². The highest BCUT2D eigenvalue weighted by Gasteiger charge is 2.19. The summed E-state index contributed by atoms with van der Waals surface area (Å²) in [5.74, 6) is 0.387. The minimum atomic E-state index is -1.00. The average Bonchev–Trinajstić information content (AvgIpc) is 2.81. The standard InChI is InChI=1S/C14H9Cl2NO2/c15-9-3-4-11-8(6-9)7-12(19-11)14(18)13-10(16)2-1-5-17-13/h1-7,14,18H. The maximum atomic E-state index is 10.3. The van der Waals surface area contributed by atoms with E-state index >= 15 is 0 Å². The minimum absolute atomic E-state index is 0.370. The van der Waals surface area contributed by atoms with Gasteiger partial charge in [0.2, 0.25) is 0 Å². The van der Waals surface area contributed by atoms with E-state index in [9.17, 15) is 5.11 Å². The molecule has 96 valence electrons. The summed E-state index contributed by atoms with van der Waals surface area (Å²) < 4.78 is 5.59. The Bertz CT molecular complexity index is 739. The van der Waals surface area contributed by atoms with Gasteiger partial charge in [0.25, 0.3) is 0 Å². The molecule has 0 saturated heterocycles. The highest BCUT2D eigenvalue weighted by Crippen LogP contribution is 2.31. The summed E-state index contributed by atoms with van der Waals surface area (Å²) in [6.45, 7) is 0. The lowest BCUT2D eigenvalue weighted by Crippen LogP contribution is -2.01. The third-order valence-corrected chi connectivity index (χ3v) is 3.37. The maximum Gasteiger partial charge on any atom is 0.155 e. The predicted octanol–water partition coefficient (Wildman–Crippen LogP) is 4.22. The van der Waals surface area contributed by atoms with Gasteiger partial charge < -0.3 is 9.52 Å². The fourth-order valence-corrected chi connectivity index (χ4v) is 2.31. The Labute approximate surface area is 119 Å². The molecule has 0 spiro atoms. The van der Waals surface area contributed by atoms with Crippen LogP contribution >= 0.6 is 23.2 Å². The maximum absolute atomic E-state index is 10.3. The van der Waals surface area contributed by atoms with E-state index in [2.05, 4.69) is 4.98 Å². The van der Waals surface area contributed by atoms with Crippen LogP contribution in [0.1, 0.15) is 17.6 Å². The molecule has 0 aliphatic rings. The van der Waals surface area contributed by atoms with E-state index in [1.165, 1.54) is 0 Å². The molecular weight excluding hydrogens is 285 g/mol. The van der Waals surface area contributed by atoms with Crippen molar-refractivity contribution in [1.29, 1.82) is 0 Å². The van der Waals surface area contributed by atoms with Crippen LogP contribution in [0.2, 0.25) is 10.0 Å². The number of hydrogen-bond donors (Lipinski definition) is 1. The van der Waals surface area contributed by atoms with Gasteiger partial charge in [-0.3, -0.25) is 4.98 Å². The summed E-state index contributed by atoms with van der Waals surface area (Å²) in [5, 5.41) is 12.1. The van der Waals surface area contributed by atoms with E-state index in [0.29, 0.717) is 27.1 Å². The number of aromatic nitrogens is 1. The number of pyridine rings is 1. The second-order valence-corrected chi connectivity index (χ2v) is 4.95. The van der Waals surface area contributed by atoms with E-state index in [4.69, 9.17) is 27.6 Å². The molecule has 19 heavy (non-hydrogen) atoms. The van der Waals surface area contributed by atoms with Crippen molar-refractivity contribution >= 4 is 34.2 Å². The van der Waals surface area contributed by atoms with Crippen molar-refractivity contribution in [3.05, 3.63) is 64.1 Å². The minimum Gasteiger partial charge on any atom is -0.458 e. The second kappa shape index (κ2) is 4.85. The van der Waals surface area contributed by atoms with Gasteiger partial charge in [0, 0.05) is 16.6 Å². The molecule has 0 saturated carbocycles. The molecule has 3 nitrogen and oxygen atoms in total.